The van der Waals surface area contributed by atoms with Crippen molar-refractivity contribution in [3.05, 3.63) is 72.0 Å². The van der Waals surface area contributed by atoms with Crippen LogP contribution in [0, 0.1) is 5.82 Å². The first-order valence-corrected chi connectivity index (χ1v) is 12.2. The molecule has 0 fully saturated rings. The summed E-state index contributed by atoms with van der Waals surface area (Å²) >= 11 is 0. The molecule has 0 heterocycles. The zero-order valence-electron chi connectivity index (χ0n) is 22.0. The second kappa shape index (κ2) is 13.8. The molecule has 0 unspecified atom stereocenters. The van der Waals surface area contributed by atoms with Crippen molar-refractivity contribution < 1.29 is 28.2 Å². The fourth-order valence-electron chi connectivity index (χ4n) is 3.67. The maximum atomic E-state index is 13.9. The maximum absolute atomic E-state index is 13.9. The molecule has 3 aromatic rings. The molecular formula is C28H33FN4O5. The molecule has 38 heavy (non-hydrogen) atoms. The molecule has 0 saturated heterocycles. The van der Waals surface area contributed by atoms with E-state index in [1.54, 1.807) is 48.5 Å². The average Bonchev–Trinajstić information content (AvgIpc) is 2.92. The van der Waals surface area contributed by atoms with Gasteiger partial charge in [0.1, 0.15) is 17.2 Å². The van der Waals surface area contributed by atoms with Gasteiger partial charge in [-0.15, -0.1) is 0 Å². The number of halogens is 1. The van der Waals surface area contributed by atoms with Gasteiger partial charge in [-0.25, -0.2) is 9.18 Å². The highest BCUT2D eigenvalue weighted by Gasteiger charge is 2.14. The molecule has 0 spiro atoms. The second-order valence-electron chi connectivity index (χ2n) is 8.20. The summed E-state index contributed by atoms with van der Waals surface area (Å²) in [6.07, 6.45) is 0. The Bertz CT molecular complexity index is 1230. The summed E-state index contributed by atoms with van der Waals surface area (Å²) in [5.41, 5.74) is 1.36. The molecule has 3 N–H and O–H groups in total. The van der Waals surface area contributed by atoms with E-state index in [-0.39, 0.29) is 11.7 Å². The topological polar surface area (TPSA) is 101 Å². The summed E-state index contributed by atoms with van der Waals surface area (Å²) in [6, 6.07) is 15.3. The fraction of sp³-hybridized carbons (Fsp3) is 0.286. The number of urea groups is 1. The Balaban J connectivity index is 1.55. The van der Waals surface area contributed by atoms with Crippen molar-refractivity contribution in [3.63, 3.8) is 0 Å². The minimum Gasteiger partial charge on any atom is -0.496 e. The normalized spacial score (nSPS) is 10.6. The Labute approximate surface area is 221 Å². The van der Waals surface area contributed by atoms with Crippen LogP contribution in [0.2, 0.25) is 0 Å². The fourth-order valence-corrected chi connectivity index (χ4v) is 3.67. The number of nitrogens with one attached hydrogen (secondary N) is 3. The lowest BCUT2D eigenvalue weighted by atomic mass is 10.1. The molecular weight excluding hydrogens is 491 g/mol. The second-order valence-corrected chi connectivity index (χ2v) is 8.20. The van der Waals surface area contributed by atoms with Crippen LogP contribution in [0.15, 0.2) is 60.7 Å². The Morgan fingerprint density at radius 1 is 0.816 bits per heavy atom. The summed E-state index contributed by atoms with van der Waals surface area (Å²) in [7, 11) is 2.86. The van der Waals surface area contributed by atoms with Crippen LogP contribution in [0.25, 0.3) is 0 Å². The van der Waals surface area contributed by atoms with E-state index in [9.17, 15) is 14.0 Å². The van der Waals surface area contributed by atoms with Crippen LogP contribution in [0.1, 0.15) is 24.2 Å². The highest BCUT2D eigenvalue weighted by Crippen LogP contribution is 2.28. The van der Waals surface area contributed by atoms with Gasteiger partial charge < -0.3 is 35.1 Å². The number of hydrogen-bond donors (Lipinski definition) is 3. The number of nitrogens with zero attached hydrogens (tertiary/aromatic N) is 1. The summed E-state index contributed by atoms with van der Waals surface area (Å²) in [5.74, 6) is 0.488. The lowest BCUT2D eigenvalue weighted by Gasteiger charge is -2.18. The van der Waals surface area contributed by atoms with Crippen LogP contribution in [0.4, 0.5) is 20.6 Å². The van der Waals surface area contributed by atoms with Crippen LogP contribution in [0.3, 0.4) is 0 Å². The quantitative estimate of drug-likeness (QED) is 0.295. The largest absolute Gasteiger partial charge is 0.496 e. The average molecular weight is 525 g/mol. The third kappa shape index (κ3) is 7.84. The molecule has 0 atom stereocenters. The first-order valence-electron chi connectivity index (χ1n) is 12.2. The van der Waals surface area contributed by atoms with Crippen LogP contribution < -0.4 is 30.2 Å². The van der Waals surface area contributed by atoms with E-state index in [0.717, 1.165) is 19.6 Å². The van der Waals surface area contributed by atoms with Crippen LogP contribution in [0.5, 0.6) is 23.0 Å². The number of rotatable bonds is 12. The van der Waals surface area contributed by atoms with Crippen molar-refractivity contribution in [2.75, 3.05) is 51.0 Å². The predicted octanol–water partition coefficient (Wildman–Crippen LogP) is 5.35. The number of hydrogen-bond acceptors (Lipinski definition) is 6. The van der Waals surface area contributed by atoms with E-state index in [0.29, 0.717) is 40.7 Å². The third-order valence-corrected chi connectivity index (χ3v) is 5.78. The van der Waals surface area contributed by atoms with Gasteiger partial charge in [-0.2, -0.15) is 0 Å². The van der Waals surface area contributed by atoms with Gasteiger partial charge in [-0.3, -0.25) is 4.79 Å². The van der Waals surface area contributed by atoms with Crippen molar-refractivity contribution in [2.24, 2.45) is 0 Å². The minimum atomic E-state index is -0.527. The Kier molecular flexibility index (Phi) is 10.3. The van der Waals surface area contributed by atoms with Gasteiger partial charge in [-0.05, 0) is 61.6 Å². The summed E-state index contributed by atoms with van der Waals surface area (Å²) in [5, 5.41) is 8.34. The smallest absolute Gasteiger partial charge is 0.323 e. The summed E-state index contributed by atoms with van der Waals surface area (Å²) < 4.78 is 29.8. The van der Waals surface area contributed by atoms with Gasteiger partial charge >= 0.3 is 6.03 Å². The van der Waals surface area contributed by atoms with Crippen molar-refractivity contribution in [3.8, 4) is 23.0 Å². The molecule has 3 amide bonds. The summed E-state index contributed by atoms with van der Waals surface area (Å²) in [6.45, 7) is 7.27. The zero-order valence-corrected chi connectivity index (χ0v) is 22.0. The van der Waals surface area contributed by atoms with E-state index < -0.39 is 11.8 Å². The van der Waals surface area contributed by atoms with Crippen LogP contribution in [-0.2, 0) is 0 Å². The van der Waals surface area contributed by atoms with E-state index >= 15 is 0 Å². The molecule has 3 aromatic carbocycles. The first kappa shape index (κ1) is 28.3. The van der Waals surface area contributed by atoms with Crippen molar-refractivity contribution in [2.45, 2.75) is 13.8 Å². The zero-order chi connectivity index (χ0) is 27.5. The van der Waals surface area contributed by atoms with E-state index in [1.807, 2.05) is 0 Å². The summed E-state index contributed by atoms with van der Waals surface area (Å²) in [4.78, 5) is 27.3. The number of carbonyl (C=O) groups is 2. The Morgan fingerprint density at radius 2 is 1.45 bits per heavy atom. The minimum absolute atomic E-state index is 0.129. The number of likely N-dealkylation sites (N-methyl/N-ethyl adjacent to an activating group) is 1. The number of amides is 3. The monoisotopic (exact) mass is 524 g/mol. The number of benzene rings is 3. The molecule has 0 aliphatic carbocycles. The molecule has 0 aliphatic heterocycles. The van der Waals surface area contributed by atoms with E-state index in [4.69, 9.17) is 14.2 Å². The van der Waals surface area contributed by atoms with Crippen molar-refractivity contribution in [1.82, 2.24) is 10.2 Å². The molecule has 9 nitrogen and oxygen atoms in total. The Morgan fingerprint density at radius 3 is 2.08 bits per heavy atom. The van der Waals surface area contributed by atoms with Gasteiger partial charge in [0.2, 0.25) is 0 Å². The Hall–Kier alpha value is -4.31. The lowest BCUT2D eigenvalue weighted by molar-refractivity contribution is 0.0946. The molecule has 202 valence electrons. The number of methoxy groups -OCH3 is 2. The van der Waals surface area contributed by atoms with E-state index in [1.165, 1.54) is 26.4 Å². The van der Waals surface area contributed by atoms with Gasteiger partial charge in [0.15, 0.2) is 11.6 Å². The third-order valence-electron chi connectivity index (χ3n) is 5.78. The highest BCUT2D eigenvalue weighted by molar-refractivity contribution is 6.01. The first-order chi connectivity index (χ1) is 18.4. The van der Waals surface area contributed by atoms with E-state index in [2.05, 4.69) is 34.7 Å². The van der Waals surface area contributed by atoms with Gasteiger partial charge in [0, 0.05) is 36.6 Å². The number of carbonyl (C=O) groups excluding carboxylic acids is 2. The SMILES string of the molecule is CCN(CC)CCNC(=O)c1ccc(NC(=O)Nc2ccc(Oc3ccc(OC)c(F)c3)cc2)cc1OC. The van der Waals surface area contributed by atoms with Crippen LogP contribution in [-0.4, -0.2) is 57.2 Å². The predicted molar refractivity (Wildman–Crippen MR) is 145 cm³/mol. The maximum Gasteiger partial charge on any atom is 0.323 e. The standard InChI is InChI=1S/C28H33FN4O5/c1-5-33(6-2)16-15-30-27(34)23-13-9-20(17-26(23)37-4)32-28(35)31-19-7-10-21(11-8-19)38-22-12-14-25(36-3)24(29)18-22/h7-14,17-18H,5-6,15-16H2,1-4H3,(H,30,34)(H2,31,32,35). The molecule has 0 saturated carbocycles. The van der Waals surface area contributed by atoms with Gasteiger partial charge in [0.25, 0.3) is 5.91 Å². The molecule has 0 bridgehead atoms. The van der Waals surface area contributed by atoms with Crippen LogP contribution >= 0.6 is 0 Å². The van der Waals surface area contributed by atoms with Crippen molar-refractivity contribution >= 4 is 23.3 Å². The van der Waals surface area contributed by atoms with Gasteiger partial charge in [0.05, 0.1) is 19.8 Å². The molecule has 0 aromatic heterocycles. The molecule has 3 rings (SSSR count). The number of anilines is 2. The number of ether oxygens (including phenoxy) is 3. The van der Waals surface area contributed by atoms with Gasteiger partial charge in [-0.1, -0.05) is 13.8 Å². The van der Waals surface area contributed by atoms with Crippen molar-refractivity contribution in [1.29, 1.82) is 0 Å². The molecule has 10 heteroatoms. The molecule has 0 aliphatic rings. The lowest BCUT2D eigenvalue weighted by Crippen LogP contribution is -2.34. The molecule has 0 radical (unpaired) electrons. The highest BCUT2D eigenvalue weighted by atomic mass is 19.1.